The minimum Gasteiger partial charge on any atom is -0.496 e. The van der Waals surface area contributed by atoms with Crippen LogP contribution in [0.4, 0.5) is 5.69 Å². The number of hydrogen-bond acceptors (Lipinski definition) is 5. The van der Waals surface area contributed by atoms with E-state index in [-0.39, 0.29) is 6.61 Å². The second kappa shape index (κ2) is 6.01. The third-order valence-corrected chi connectivity index (χ3v) is 3.00. The molecule has 0 radical (unpaired) electrons. The highest BCUT2D eigenvalue weighted by atomic mass is 16.5. The van der Waals surface area contributed by atoms with Crippen LogP contribution in [0, 0.1) is 11.3 Å². The van der Waals surface area contributed by atoms with Crippen LogP contribution in [0.5, 0.6) is 5.75 Å². The predicted octanol–water partition coefficient (Wildman–Crippen LogP) is 1.84. The minimum absolute atomic E-state index is 0.0165. The molecular formula is C15H15N3O3. The summed E-state index contributed by atoms with van der Waals surface area (Å²) in [6.07, 6.45) is 1.63. The van der Waals surface area contributed by atoms with Crippen molar-refractivity contribution < 1.29 is 14.3 Å². The lowest BCUT2D eigenvalue weighted by Gasteiger charge is -2.10. The van der Waals surface area contributed by atoms with Gasteiger partial charge in [-0.3, -0.25) is 0 Å². The van der Waals surface area contributed by atoms with Gasteiger partial charge in [0.05, 0.1) is 24.4 Å². The Balaban J connectivity index is 2.14. The third kappa shape index (κ3) is 3.15. The topological polar surface area (TPSA) is 90.3 Å². The van der Waals surface area contributed by atoms with Crippen molar-refractivity contribution >= 4 is 11.7 Å². The van der Waals surface area contributed by atoms with Crippen LogP contribution in [0.2, 0.25) is 0 Å². The lowest BCUT2D eigenvalue weighted by Crippen LogP contribution is -2.10. The number of nitrogens with zero attached hydrogens (tertiary/aromatic N) is 2. The maximum Gasteiger partial charge on any atom is 0.355 e. The standard InChI is InChI=1S/C15H15N3O3/c1-18-8-12(17)6-13(18)15(19)21-9-11-5-10(7-16)3-4-14(11)20-2/h3-6,8H,9,17H2,1-2H3. The SMILES string of the molecule is COc1ccc(C#N)cc1COC(=O)c1cc(N)cn1C. The van der Waals surface area contributed by atoms with Crippen LogP contribution in [-0.4, -0.2) is 17.6 Å². The number of aromatic nitrogens is 1. The van der Waals surface area contributed by atoms with Crippen molar-refractivity contribution in [1.82, 2.24) is 4.57 Å². The van der Waals surface area contributed by atoms with Crippen molar-refractivity contribution in [1.29, 1.82) is 5.26 Å². The summed E-state index contributed by atoms with van der Waals surface area (Å²) in [7, 11) is 3.23. The monoisotopic (exact) mass is 285 g/mol. The number of carbonyl (C=O) groups is 1. The summed E-state index contributed by atoms with van der Waals surface area (Å²) in [5, 5.41) is 8.90. The summed E-state index contributed by atoms with van der Waals surface area (Å²) >= 11 is 0. The molecule has 21 heavy (non-hydrogen) atoms. The summed E-state index contributed by atoms with van der Waals surface area (Å²) < 4.78 is 12.0. The molecule has 0 saturated carbocycles. The molecule has 0 aliphatic carbocycles. The molecule has 2 aromatic rings. The second-order valence-corrected chi connectivity index (χ2v) is 4.48. The van der Waals surface area contributed by atoms with E-state index in [2.05, 4.69) is 0 Å². The molecule has 108 valence electrons. The first-order chi connectivity index (χ1) is 10.0. The Labute approximate surface area is 122 Å². The van der Waals surface area contributed by atoms with Crippen LogP contribution in [0.15, 0.2) is 30.5 Å². The maximum absolute atomic E-state index is 12.0. The van der Waals surface area contributed by atoms with Gasteiger partial charge in [0, 0.05) is 18.8 Å². The van der Waals surface area contributed by atoms with Gasteiger partial charge in [-0.1, -0.05) is 0 Å². The molecule has 1 heterocycles. The summed E-state index contributed by atoms with van der Waals surface area (Å²) in [5.41, 5.74) is 7.59. The van der Waals surface area contributed by atoms with Gasteiger partial charge in [0.15, 0.2) is 0 Å². The molecule has 2 rings (SSSR count). The molecule has 6 heteroatoms. The van der Waals surface area contributed by atoms with Crippen LogP contribution >= 0.6 is 0 Å². The quantitative estimate of drug-likeness (QED) is 0.866. The minimum atomic E-state index is -0.487. The maximum atomic E-state index is 12.0. The number of benzene rings is 1. The first-order valence-corrected chi connectivity index (χ1v) is 6.21. The average molecular weight is 285 g/mol. The number of methoxy groups -OCH3 is 1. The van der Waals surface area contributed by atoms with Crippen molar-refractivity contribution in [3.63, 3.8) is 0 Å². The summed E-state index contributed by atoms with van der Waals surface area (Å²) in [6, 6.07) is 8.52. The largest absolute Gasteiger partial charge is 0.496 e. The zero-order chi connectivity index (χ0) is 15.4. The van der Waals surface area contributed by atoms with E-state index in [1.165, 1.54) is 7.11 Å². The van der Waals surface area contributed by atoms with Crippen molar-refractivity contribution in [2.24, 2.45) is 7.05 Å². The van der Waals surface area contributed by atoms with E-state index in [0.717, 1.165) is 0 Å². The highest BCUT2D eigenvalue weighted by Gasteiger charge is 2.14. The average Bonchev–Trinajstić information content (AvgIpc) is 2.83. The van der Waals surface area contributed by atoms with E-state index in [1.54, 1.807) is 42.1 Å². The van der Waals surface area contributed by atoms with E-state index in [9.17, 15) is 4.79 Å². The van der Waals surface area contributed by atoms with Crippen LogP contribution in [0.25, 0.3) is 0 Å². The molecule has 0 atom stereocenters. The summed E-state index contributed by atoms with van der Waals surface area (Å²) in [5.74, 6) is 0.0757. The molecule has 0 unspecified atom stereocenters. The fourth-order valence-electron chi connectivity index (χ4n) is 1.97. The first kappa shape index (κ1) is 14.5. The highest BCUT2D eigenvalue weighted by molar-refractivity contribution is 5.89. The van der Waals surface area contributed by atoms with Gasteiger partial charge in [-0.2, -0.15) is 5.26 Å². The predicted molar refractivity (Wildman–Crippen MR) is 76.7 cm³/mol. The summed E-state index contributed by atoms with van der Waals surface area (Å²) in [6.45, 7) is 0.0165. The Hall–Kier alpha value is -2.94. The number of carbonyl (C=O) groups excluding carboxylic acids is 1. The molecule has 0 amide bonds. The van der Waals surface area contributed by atoms with Gasteiger partial charge in [-0.15, -0.1) is 0 Å². The van der Waals surface area contributed by atoms with Gasteiger partial charge in [0.25, 0.3) is 0 Å². The van der Waals surface area contributed by atoms with E-state index >= 15 is 0 Å². The highest BCUT2D eigenvalue weighted by Crippen LogP contribution is 2.21. The number of ether oxygens (including phenoxy) is 2. The van der Waals surface area contributed by atoms with E-state index in [1.807, 2.05) is 6.07 Å². The molecular weight excluding hydrogens is 270 g/mol. The number of nitrogen functional groups attached to an aromatic ring is 1. The smallest absolute Gasteiger partial charge is 0.355 e. The Bertz CT molecular complexity index is 713. The molecule has 0 aliphatic heterocycles. The number of rotatable bonds is 4. The molecule has 0 aliphatic rings. The van der Waals surface area contributed by atoms with Crippen LogP contribution in [0.3, 0.4) is 0 Å². The summed E-state index contributed by atoms with van der Waals surface area (Å²) in [4.78, 5) is 12.0. The Morgan fingerprint density at radius 2 is 2.19 bits per heavy atom. The number of hydrogen-bond donors (Lipinski definition) is 1. The fraction of sp³-hybridized carbons (Fsp3) is 0.200. The Kier molecular flexibility index (Phi) is 4.14. The Morgan fingerprint density at radius 1 is 1.43 bits per heavy atom. The van der Waals surface area contributed by atoms with E-state index in [0.29, 0.717) is 28.3 Å². The van der Waals surface area contributed by atoms with Gasteiger partial charge in [-0.25, -0.2) is 4.79 Å². The van der Waals surface area contributed by atoms with Crippen molar-refractivity contribution in [2.45, 2.75) is 6.61 Å². The number of aryl methyl sites for hydroxylation is 1. The van der Waals surface area contributed by atoms with Gasteiger partial charge in [0.1, 0.15) is 18.1 Å². The van der Waals surface area contributed by atoms with Crippen LogP contribution in [0.1, 0.15) is 21.6 Å². The Morgan fingerprint density at radius 3 is 2.76 bits per heavy atom. The molecule has 1 aromatic carbocycles. The van der Waals surface area contributed by atoms with Crippen molar-refractivity contribution in [3.05, 3.63) is 47.3 Å². The van der Waals surface area contributed by atoms with Gasteiger partial charge >= 0.3 is 5.97 Å². The normalized spacial score (nSPS) is 9.95. The lowest BCUT2D eigenvalue weighted by atomic mass is 10.1. The zero-order valence-electron chi connectivity index (χ0n) is 11.8. The number of anilines is 1. The molecule has 0 spiro atoms. The van der Waals surface area contributed by atoms with Crippen LogP contribution < -0.4 is 10.5 Å². The van der Waals surface area contributed by atoms with Crippen molar-refractivity contribution in [2.75, 3.05) is 12.8 Å². The van der Waals surface area contributed by atoms with Crippen molar-refractivity contribution in [3.8, 4) is 11.8 Å². The van der Waals surface area contributed by atoms with Gasteiger partial charge in [-0.05, 0) is 24.3 Å². The molecule has 1 aromatic heterocycles. The first-order valence-electron chi connectivity index (χ1n) is 6.21. The fourth-order valence-corrected chi connectivity index (χ4v) is 1.97. The second-order valence-electron chi connectivity index (χ2n) is 4.48. The molecule has 2 N–H and O–H groups in total. The van der Waals surface area contributed by atoms with E-state index < -0.39 is 5.97 Å². The number of nitrogens with two attached hydrogens (primary N) is 1. The third-order valence-electron chi connectivity index (χ3n) is 3.00. The molecule has 0 fully saturated rings. The van der Waals surface area contributed by atoms with Crippen LogP contribution in [-0.2, 0) is 18.4 Å². The zero-order valence-corrected chi connectivity index (χ0v) is 11.8. The van der Waals surface area contributed by atoms with Gasteiger partial charge in [0.2, 0.25) is 0 Å². The van der Waals surface area contributed by atoms with E-state index in [4.69, 9.17) is 20.5 Å². The molecule has 0 saturated heterocycles. The number of esters is 1. The number of nitriles is 1. The lowest BCUT2D eigenvalue weighted by molar-refractivity contribution is 0.0459. The van der Waals surface area contributed by atoms with Gasteiger partial charge < -0.3 is 19.8 Å². The molecule has 0 bridgehead atoms. The molecule has 6 nitrogen and oxygen atoms in total.